The molecule has 1 atom stereocenters. The van der Waals surface area contributed by atoms with Crippen LogP contribution in [0.4, 0.5) is 0 Å². The molecular weight excluding hydrogens is 204 g/mol. The molecule has 0 aromatic rings. The van der Waals surface area contributed by atoms with Gasteiger partial charge in [-0.05, 0) is 17.8 Å². The fourth-order valence-corrected chi connectivity index (χ4v) is 4.79. The van der Waals surface area contributed by atoms with Gasteiger partial charge in [0.1, 0.15) is 11.5 Å². The Balaban J connectivity index is 3.95. The van der Waals surface area contributed by atoms with Crippen LogP contribution < -0.4 is 0 Å². The van der Waals surface area contributed by atoms with Gasteiger partial charge in [-0.1, -0.05) is 0 Å². The van der Waals surface area contributed by atoms with Gasteiger partial charge in [0.05, 0.1) is 12.3 Å². The van der Waals surface area contributed by atoms with Crippen molar-refractivity contribution in [3.05, 3.63) is 0 Å². The van der Waals surface area contributed by atoms with Gasteiger partial charge in [-0.15, -0.1) is 0 Å². The Morgan fingerprint density at radius 3 is 1.85 bits per heavy atom. The summed E-state index contributed by atoms with van der Waals surface area (Å²) in [6, 6.07) is 0.921. The third kappa shape index (κ3) is 4.46. The van der Waals surface area contributed by atoms with E-state index >= 15 is 0 Å². The van der Waals surface area contributed by atoms with Crippen molar-refractivity contribution in [2.45, 2.75) is 13.0 Å². The number of hydrogen-bond donors (Lipinski definition) is 0. The summed E-state index contributed by atoms with van der Waals surface area (Å²) in [5.41, 5.74) is 0. The molecule has 0 N–H and O–H groups in total. The van der Waals surface area contributed by atoms with E-state index in [4.69, 9.17) is 13.3 Å². The maximum atomic E-state index is 5.33. The first-order valence-corrected chi connectivity index (χ1v) is 8.29. The summed E-state index contributed by atoms with van der Waals surface area (Å²) in [6.45, 7) is 2.21. The average Bonchev–Trinajstić information content (AvgIpc) is 2.20. The minimum atomic E-state index is -2.29. The van der Waals surface area contributed by atoms with E-state index in [-0.39, 0.29) is 0 Å². The van der Waals surface area contributed by atoms with E-state index in [9.17, 15) is 0 Å². The number of rotatable bonds is 7. The molecule has 0 saturated heterocycles. The molecule has 0 bridgehead atoms. The summed E-state index contributed by atoms with van der Waals surface area (Å²) in [5.74, 6) is 2.36. The van der Waals surface area contributed by atoms with E-state index in [0.717, 1.165) is 11.8 Å². The van der Waals surface area contributed by atoms with Crippen LogP contribution in [0.2, 0.25) is 6.04 Å². The zero-order valence-electron chi connectivity index (χ0n) is 9.25. The van der Waals surface area contributed by atoms with E-state index < -0.39 is 8.80 Å². The zero-order chi connectivity index (χ0) is 10.3. The molecular formula is C8H21O3SSi+. The van der Waals surface area contributed by atoms with Gasteiger partial charge in [0.2, 0.25) is 0 Å². The second kappa shape index (κ2) is 6.84. The molecule has 0 aliphatic carbocycles. The monoisotopic (exact) mass is 225 g/mol. The molecule has 3 nitrogen and oxygen atoms in total. The van der Waals surface area contributed by atoms with Crippen LogP contribution in [0.3, 0.4) is 0 Å². The van der Waals surface area contributed by atoms with Gasteiger partial charge < -0.3 is 13.3 Å². The van der Waals surface area contributed by atoms with Crippen LogP contribution in [0.5, 0.6) is 0 Å². The highest BCUT2D eigenvalue weighted by atomic mass is 32.2. The molecule has 0 saturated carbocycles. The van der Waals surface area contributed by atoms with E-state index in [1.165, 1.54) is 5.75 Å². The summed E-state index contributed by atoms with van der Waals surface area (Å²) in [4.78, 5) is 0. The molecule has 0 radical (unpaired) electrons. The Bertz CT molecular complexity index is 122. The first kappa shape index (κ1) is 13.4. The molecule has 0 rings (SSSR count). The third-order valence-electron chi connectivity index (χ3n) is 2.18. The minimum Gasteiger partial charge on any atom is -0.377 e. The summed E-state index contributed by atoms with van der Waals surface area (Å²) < 4.78 is 16.0. The van der Waals surface area contributed by atoms with Crippen molar-refractivity contribution in [1.82, 2.24) is 0 Å². The lowest BCUT2D eigenvalue weighted by molar-refractivity contribution is 0.125. The Hall–Kier alpha value is 0.447. The van der Waals surface area contributed by atoms with Gasteiger partial charge in [0, 0.05) is 21.3 Å². The highest BCUT2D eigenvalue weighted by molar-refractivity contribution is 7.96. The van der Waals surface area contributed by atoms with Gasteiger partial charge >= 0.3 is 8.80 Å². The van der Waals surface area contributed by atoms with Crippen molar-refractivity contribution in [3.8, 4) is 0 Å². The molecule has 0 aromatic heterocycles. The van der Waals surface area contributed by atoms with E-state index in [0.29, 0.717) is 10.9 Å². The molecule has 0 spiro atoms. The van der Waals surface area contributed by atoms with E-state index in [1.54, 1.807) is 21.3 Å². The van der Waals surface area contributed by atoms with Gasteiger partial charge in [-0.25, -0.2) is 0 Å². The predicted octanol–water partition coefficient (Wildman–Crippen LogP) is 1.13. The first-order chi connectivity index (χ1) is 6.14. The zero-order valence-corrected chi connectivity index (χ0v) is 11.1. The van der Waals surface area contributed by atoms with Crippen LogP contribution in [-0.4, -0.2) is 47.9 Å². The third-order valence-corrected chi connectivity index (χ3v) is 7.16. The van der Waals surface area contributed by atoms with Crippen molar-refractivity contribution in [2.75, 3.05) is 39.1 Å². The predicted molar refractivity (Wildman–Crippen MR) is 60.3 cm³/mol. The van der Waals surface area contributed by atoms with Gasteiger partial charge in [0.25, 0.3) is 0 Å². The fourth-order valence-electron chi connectivity index (χ4n) is 1.000. The topological polar surface area (TPSA) is 27.7 Å². The maximum Gasteiger partial charge on any atom is 0.504 e. The van der Waals surface area contributed by atoms with Crippen LogP contribution in [0.15, 0.2) is 0 Å². The molecule has 13 heavy (non-hydrogen) atoms. The summed E-state index contributed by atoms with van der Waals surface area (Å²) in [5, 5.41) is 0. The lowest BCUT2D eigenvalue weighted by atomic mass is 10.9. The fraction of sp³-hybridized carbons (Fsp3) is 1.00. The van der Waals surface area contributed by atoms with E-state index in [1.807, 2.05) is 0 Å². The summed E-state index contributed by atoms with van der Waals surface area (Å²) in [6.07, 6.45) is 2.26. The minimum absolute atomic E-state index is 0.466. The second-order valence-electron chi connectivity index (χ2n) is 2.82. The molecule has 0 aliphatic heterocycles. The Morgan fingerprint density at radius 1 is 1.08 bits per heavy atom. The molecule has 80 valence electrons. The van der Waals surface area contributed by atoms with Crippen LogP contribution >= 0.6 is 0 Å². The lowest BCUT2D eigenvalue weighted by Gasteiger charge is -2.23. The van der Waals surface area contributed by atoms with Crippen LogP contribution in [0.25, 0.3) is 0 Å². The van der Waals surface area contributed by atoms with Crippen LogP contribution in [0, 0.1) is 0 Å². The van der Waals surface area contributed by atoms with Gasteiger partial charge in [-0.2, -0.15) is 0 Å². The molecule has 1 unspecified atom stereocenters. The van der Waals surface area contributed by atoms with Gasteiger partial charge in [-0.3, -0.25) is 0 Å². The number of hydrogen-bond acceptors (Lipinski definition) is 3. The molecule has 0 aromatic carbocycles. The van der Waals surface area contributed by atoms with E-state index in [2.05, 4.69) is 13.2 Å². The van der Waals surface area contributed by atoms with Crippen molar-refractivity contribution in [1.29, 1.82) is 0 Å². The summed E-state index contributed by atoms with van der Waals surface area (Å²) in [7, 11) is 3.17. The smallest absolute Gasteiger partial charge is 0.377 e. The second-order valence-corrected chi connectivity index (χ2v) is 8.46. The van der Waals surface area contributed by atoms with Crippen LogP contribution in [0.1, 0.15) is 6.92 Å². The highest BCUT2D eigenvalue weighted by Gasteiger charge is 2.39. The maximum absolute atomic E-state index is 5.33. The molecule has 0 fully saturated rings. The molecule has 0 heterocycles. The standard InChI is InChI=1S/C8H21O3SSi/c1-6-12(5)7-8-13(9-2,10-3)11-4/h6-8H2,1-5H3/q+1. The molecule has 0 aliphatic rings. The Kier molecular flexibility index (Phi) is 7.07. The van der Waals surface area contributed by atoms with Crippen molar-refractivity contribution in [3.63, 3.8) is 0 Å². The molecule has 5 heteroatoms. The van der Waals surface area contributed by atoms with Crippen molar-refractivity contribution >= 4 is 19.7 Å². The first-order valence-electron chi connectivity index (χ1n) is 4.38. The van der Waals surface area contributed by atoms with Gasteiger partial charge in [0.15, 0.2) is 0 Å². The van der Waals surface area contributed by atoms with Crippen molar-refractivity contribution in [2.24, 2.45) is 0 Å². The lowest BCUT2D eigenvalue weighted by Crippen LogP contribution is -2.44. The highest BCUT2D eigenvalue weighted by Crippen LogP contribution is 2.14. The van der Waals surface area contributed by atoms with Crippen molar-refractivity contribution < 1.29 is 13.3 Å². The Morgan fingerprint density at radius 2 is 1.54 bits per heavy atom. The Labute approximate surface area is 85.5 Å². The van der Waals surface area contributed by atoms with Crippen LogP contribution in [-0.2, 0) is 24.2 Å². The molecule has 0 amide bonds. The SMILES string of the molecule is CC[S+](C)CC[Si](OC)(OC)OC. The largest absolute Gasteiger partial charge is 0.504 e. The quantitative estimate of drug-likeness (QED) is 0.480. The average molecular weight is 225 g/mol. The normalized spacial score (nSPS) is 14.5. The summed E-state index contributed by atoms with van der Waals surface area (Å²) >= 11 is 0.